The fraction of sp³-hybridized carbons (Fsp3) is 0.375. The molecular formula is C8H10N2O4. The molecule has 0 spiro atoms. The third-order valence-corrected chi connectivity index (χ3v) is 1.39. The molecule has 0 aliphatic heterocycles. The summed E-state index contributed by atoms with van der Waals surface area (Å²) in [6.45, 7) is 0.276. The molecule has 14 heavy (non-hydrogen) atoms. The molecule has 0 aliphatic carbocycles. The number of aliphatic hydroxyl groups is 1. The maximum Gasteiger partial charge on any atom is 0.354 e. The molecule has 1 aromatic rings. The van der Waals surface area contributed by atoms with Gasteiger partial charge in [-0.3, -0.25) is 0 Å². The first kappa shape index (κ1) is 10.4. The van der Waals surface area contributed by atoms with E-state index in [9.17, 15) is 4.79 Å². The molecule has 0 amide bonds. The lowest BCUT2D eigenvalue weighted by Gasteiger charge is -2.02. The number of carbonyl (C=O) groups is 1. The Morgan fingerprint density at radius 1 is 1.57 bits per heavy atom. The van der Waals surface area contributed by atoms with Crippen molar-refractivity contribution in [3.8, 4) is 6.01 Å². The van der Waals surface area contributed by atoms with Gasteiger partial charge in [-0.1, -0.05) is 0 Å². The first-order valence-corrected chi connectivity index (χ1v) is 4.04. The van der Waals surface area contributed by atoms with E-state index in [2.05, 4.69) is 9.97 Å². The minimum atomic E-state index is -1.13. The molecule has 0 atom stereocenters. The van der Waals surface area contributed by atoms with Crippen LogP contribution in [-0.4, -0.2) is 39.4 Å². The number of carboxylic acid groups (broad SMARTS) is 1. The van der Waals surface area contributed by atoms with E-state index in [4.69, 9.17) is 14.9 Å². The van der Waals surface area contributed by atoms with Crippen molar-refractivity contribution in [2.75, 3.05) is 13.2 Å². The lowest BCUT2D eigenvalue weighted by molar-refractivity contribution is 0.0688. The third-order valence-electron chi connectivity index (χ3n) is 1.39. The Hall–Kier alpha value is -1.69. The Kier molecular flexibility index (Phi) is 3.81. The van der Waals surface area contributed by atoms with Crippen LogP contribution in [0.2, 0.25) is 0 Å². The van der Waals surface area contributed by atoms with Crippen LogP contribution in [0.25, 0.3) is 0 Å². The SMILES string of the molecule is O=C(O)c1ccnc(OCCCO)n1. The first-order valence-electron chi connectivity index (χ1n) is 4.04. The Balaban J connectivity index is 2.59. The van der Waals surface area contributed by atoms with Gasteiger partial charge in [-0.15, -0.1) is 0 Å². The quantitative estimate of drug-likeness (QED) is 0.643. The molecule has 6 nitrogen and oxygen atoms in total. The Bertz CT molecular complexity index is 316. The summed E-state index contributed by atoms with van der Waals surface area (Å²) in [5.74, 6) is -1.13. The summed E-state index contributed by atoms with van der Waals surface area (Å²) in [7, 11) is 0. The van der Waals surface area contributed by atoms with Gasteiger partial charge in [-0.25, -0.2) is 9.78 Å². The highest BCUT2D eigenvalue weighted by atomic mass is 16.5. The van der Waals surface area contributed by atoms with Crippen LogP contribution in [0, 0.1) is 0 Å². The van der Waals surface area contributed by atoms with E-state index in [0.29, 0.717) is 6.42 Å². The van der Waals surface area contributed by atoms with Gasteiger partial charge in [0.15, 0.2) is 5.69 Å². The van der Waals surface area contributed by atoms with E-state index in [0.717, 1.165) is 0 Å². The van der Waals surface area contributed by atoms with Crippen molar-refractivity contribution in [3.63, 3.8) is 0 Å². The molecule has 2 N–H and O–H groups in total. The number of nitrogens with zero attached hydrogens (tertiary/aromatic N) is 2. The zero-order valence-corrected chi connectivity index (χ0v) is 7.38. The summed E-state index contributed by atoms with van der Waals surface area (Å²) in [5.41, 5.74) is -0.112. The molecule has 6 heteroatoms. The average molecular weight is 198 g/mol. The molecule has 0 saturated heterocycles. The second-order valence-electron chi connectivity index (χ2n) is 2.46. The third kappa shape index (κ3) is 2.98. The molecule has 0 aliphatic rings. The molecule has 0 unspecified atom stereocenters. The summed E-state index contributed by atoms with van der Waals surface area (Å²) in [5, 5.41) is 17.1. The summed E-state index contributed by atoms with van der Waals surface area (Å²) in [6, 6.07) is 1.29. The van der Waals surface area contributed by atoms with Crippen LogP contribution >= 0.6 is 0 Å². The van der Waals surface area contributed by atoms with Gasteiger partial charge in [-0.2, -0.15) is 4.98 Å². The molecule has 1 heterocycles. The largest absolute Gasteiger partial charge is 0.477 e. The van der Waals surface area contributed by atoms with Crippen LogP contribution in [0.15, 0.2) is 12.3 Å². The van der Waals surface area contributed by atoms with Crippen LogP contribution < -0.4 is 4.74 Å². The predicted molar refractivity (Wildman–Crippen MR) is 46.2 cm³/mol. The van der Waals surface area contributed by atoms with Gasteiger partial charge in [0, 0.05) is 19.2 Å². The number of aliphatic hydroxyl groups excluding tert-OH is 1. The fourth-order valence-electron chi connectivity index (χ4n) is 0.757. The summed E-state index contributed by atoms with van der Waals surface area (Å²) < 4.78 is 4.99. The van der Waals surface area contributed by atoms with Gasteiger partial charge in [0.05, 0.1) is 6.61 Å². The van der Waals surface area contributed by atoms with Crippen LogP contribution in [0.3, 0.4) is 0 Å². The van der Waals surface area contributed by atoms with E-state index < -0.39 is 5.97 Å². The number of rotatable bonds is 5. The van der Waals surface area contributed by atoms with Gasteiger partial charge in [0.1, 0.15) is 0 Å². The first-order chi connectivity index (χ1) is 6.74. The van der Waals surface area contributed by atoms with Crippen molar-refractivity contribution >= 4 is 5.97 Å². The van der Waals surface area contributed by atoms with Crippen LogP contribution in [0.1, 0.15) is 16.9 Å². The topological polar surface area (TPSA) is 92.5 Å². The molecule has 0 bridgehead atoms. The number of hydrogen-bond donors (Lipinski definition) is 2. The number of aromatic carboxylic acids is 1. The monoisotopic (exact) mass is 198 g/mol. The molecule has 0 aromatic carbocycles. The van der Waals surface area contributed by atoms with Crippen molar-refractivity contribution < 1.29 is 19.7 Å². The van der Waals surface area contributed by atoms with Crippen molar-refractivity contribution in [1.82, 2.24) is 9.97 Å². The Morgan fingerprint density at radius 3 is 3.00 bits per heavy atom. The average Bonchev–Trinajstić information content (AvgIpc) is 2.19. The number of aromatic nitrogens is 2. The van der Waals surface area contributed by atoms with Gasteiger partial charge < -0.3 is 14.9 Å². The van der Waals surface area contributed by atoms with E-state index >= 15 is 0 Å². The maximum atomic E-state index is 10.5. The molecule has 76 valence electrons. The van der Waals surface area contributed by atoms with E-state index in [1.807, 2.05) is 0 Å². The number of carboxylic acids is 1. The fourth-order valence-corrected chi connectivity index (χ4v) is 0.757. The second kappa shape index (κ2) is 5.13. The zero-order valence-electron chi connectivity index (χ0n) is 7.38. The smallest absolute Gasteiger partial charge is 0.354 e. The zero-order chi connectivity index (χ0) is 10.4. The van der Waals surface area contributed by atoms with Crippen molar-refractivity contribution in [3.05, 3.63) is 18.0 Å². The minimum Gasteiger partial charge on any atom is -0.477 e. The second-order valence-corrected chi connectivity index (χ2v) is 2.46. The standard InChI is InChI=1S/C8H10N2O4/c11-4-1-5-14-8-9-3-2-6(10-8)7(12)13/h2-3,11H,1,4-5H2,(H,12,13). The summed E-state index contributed by atoms with van der Waals surface area (Å²) in [4.78, 5) is 17.8. The maximum absolute atomic E-state index is 10.5. The lowest BCUT2D eigenvalue weighted by atomic mass is 10.4. The van der Waals surface area contributed by atoms with Crippen LogP contribution in [0.4, 0.5) is 0 Å². The van der Waals surface area contributed by atoms with E-state index in [1.165, 1.54) is 12.3 Å². The van der Waals surface area contributed by atoms with Crippen molar-refractivity contribution in [2.24, 2.45) is 0 Å². The van der Waals surface area contributed by atoms with Crippen molar-refractivity contribution in [1.29, 1.82) is 0 Å². The summed E-state index contributed by atoms with van der Waals surface area (Å²) in [6.07, 6.45) is 1.77. The molecule has 1 rings (SSSR count). The Morgan fingerprint density at radius 2 is 2.36 bits per heavy atom. The minimum absolute atomic E-state index is 0.0124. The van der Waals surface area contributed by atoms with Crippen LogP contribution in [-0.2, 0) is 0 Å². The van der Waals surface area contributed by atoms with E-state index in [-0.39, 0.29) is 24.9 Å². The molecular weight excluding hydrogens is 188 g/mol. The molecule has 0 radical (unpaired) electrons. The van der Waals surface area contributed by atoms with Gasteiger partial charge in [-0.05, 0) is 6.07 Å². The predicted octanol–water partition coefficient (Wildman–Crippen LogP) is -0.0640. The number of ether oxygens (including phenoxy) is 1. The lowest BCUT2D eigenvalue weighted by Crippen LogP contribution is -2.06. The molecule has 1 aromatic heterocycles. The van der Waals surface area contributed by atoms with Crippen molar-refractivity contribution in [2.45, 2.75) is 6.42 Å². The molecule has 0 saturated carbocycles. The number of hydrogen-bond acceptors (Lipinski definition) is 5. The van der Waals surface area contributed by atoms with Crippen LogP contribution in [0.5, 0.6) is 6.01 Å². The highest BCUT2D eigenvalue weighted by Crippen LogP contribution is 2.03. The molecule has 0 fully saturated rings. The highest BCUT2D eigenvalue weighted by Gasteiger charge is 2.06. The van der Waals surface area contributed by atoms with Gasteiger partial charge >= 0.3 is 12.0 Å². The Labute approximate surface area is 80.2 Å². The van der Waals surface area contributed by atoms with Gasteiger partial charge in [0.25, 0.3) is 0 Å². The normalized spacial score (nSPS) is 9.79. The summed E-state index contributed by atoms with van der Waals surface area (Å²) >= 11 is 0. The highest BCUT2D eigenvalue weighted by molar-refractivity contribution is 5.85. The van der Waals surface area contributed by atoms with Gasteiger partial charge in [0.2, 0.25) is 0 Å². The van der Waals surface area contributed by atoms with E-state index in [1.54, 1.807) is 0 Å².